The van der Waals surface area contributed by atoms with Gasteiger partial charge >= 0.3 is 5.97 Å². The number of nitrogens with one attached hydrogen (secondary N) is 1. The zero-order valence-electron chi connectivity index (χ0n) is 13.6. The second kappa shape index (κ2) is 8.37. The number of hydrogen-bond donors (Lipinski definition) is 2. The van der Waals surface area contributed by atoms with Crippen molar-refractivity contribution in [2.45, 2.75) is 53.0 Å². The average molecular weight is 299 g/mol. The first-order valence-electron chi connectivity index (χ1n) is 8.01. The van der Waals surface area contributed by atoms with Crippen molar-refractivity contribution in [1.82, 2.24) is 5.32 Å². The van der Waals surface area contributed by atoms with Crippen LogP contribution < -0.4 is 5.32 Å². The Morgan fingerprint density at radius 3 is 2.33 bits per heavy atom. The monoisotopic (exact) mass is 299 g/mol. The lowest BCUT2D eigenvalue weighted by molar-refractivity contribution is -0.146. The van der Waals surface area contributed by atoms with Gasteiger partial charge in [-0.2, -0.15) is 0 Å². The molecule has 4 unspecified atom stereocenters. The first-order valence-corrected chi connectivity index (χ1v) is 8.01. The van der Waals surface area contributed by atoms with E-state index < -0.39 is 17.8 Å². The predicted octanol–water partition coefficient (Wildman–Crippen LogP) is 2.30. The number of rotatable bonds is 8. The molecule has 1 aliphatic rings. The molecule has 0 bridgehead atoms. The highest BCUT2D eigenvalue weighted by Crippen LogP contribution is 2.38. The number of carboxylic acids is 1. The minimum atomic E-state index is -0.850. The molecule has 1 saturated carbocycles. The normalized spacial score (nSPS) is 26.8. The van der Waals surface area contributed by atoms with E-state index in [2.05, 4.69) is 12.2 Å². The second-order valence-electron chi connectivity index (χ2n) is 6.32. The SMILES string of the molecule is CCOCC(NC(=O)C1CC(CC)CC1C(=O)O)C(C)C. The Kier molecular flexibility index (Phi) is 7.15. The quantitative estimate of drug-likeness (QED) is 0.721. The van der Waals surface area contributed by atoms with E-state index in [4.69, 9.17) is 4.74 Å². The molecule has 0 heterocycles. The Morgan fingerprint density at radius 2 is 1.86 bits per heavy atom. The van der Waals surface area contributed by atoms with Gasteiger partial charge in [-0.15, -0.1) is 0 Å². The highest BCUT2D eigenvalue weighted by molar-refractivity contribution is 5.85. The van der Waals surface area contributed by atoms with Crippen molar-refractivity contribution in [3.8, 4) is 0 Å². The molecule has 1 aliphatic carbocycles. The number of carbonyl (C=O) groups is 2. The lowest BCUT2D eigenvalue weighted by Crippen LogP contribution is -2.46. The molecule has 1 amide bonds. The fraction of sp³-hybridized carbons (Fsp3) is 0.875. The summed E-state index contributed by atoms with van der Waals surface area (Å²) in [6.45, 7) is 9.11. The van der Waals surface area contributed by atoms with Crippen molar-refractivity contribution in [2.75, 3.05) is 13.2 Å². The Labute approximate surface area is 127 Å². The average Bonchev–Trinajstić information content (AvgIpc) is 2.87. The summed E-state index contributed by atoms with van der Waals surface area (Å²) >= 11 is 0. The van der Waals surface area contributed by atoms with Gasteiger partial charge in [-0.25, -0.2) is 0 Å². The molecule has 1 rings (SSSR count). The Bertz CT molecular complexity index is 356. The van der Waals surface area contributed by atoms with E-state index in [0.717, 1.165) is 6.42 Å². The van der Waals surface area contributed by atoms with Gasteiger partial charge in [0, 0.05) is 6.61 Å². The van der Waals surface area contributed by atoms with E-state index in [9.17, 15) is 14.7 Å². The number of amides is 1. The van der Waals surface area contributed by atoms with Gasteiger partial charge in [0.2, 0.25) is 5.91 Å². The summed E-state index contributed by atoms with van der Waals surface area (Å²) in [6.07, 6.45) is 2.22. The van der Waals surface area contributed by atoms with Crippen molar-refractivity contribution in [1.29, 1.82) is 0 Å². The highest BCUT2D eigenvalue weighted by atomic mass is 16.5. The van der Waals surface area contributed by atoms with E-state index >= 15 is 0 Å². The molecule has 0 spiro atoms. The van der Waals surface area contributed by atoms with Crippen LogP contribution in [0.4, 0.5) is 0 Å². The molecule has 0 aliphatic heterocycles. The predicted molar refractivity (Wildman–Crippen MR) is 80.9 cm³/mol. The minimum Gasteiger partial charge on any atom is -0.481 e. The van der Waals surface area contributed by atoms with Crippen molar-refractivity contribution in [3.63, 3.8) is 0 Å². The lowest BCUT2D eigenvalue weighted by atomic mass is 9.94. The molecular weight excluding hydrogens is 270 g/mol. The van der Waals surface area contributed by atoms with Crippen LogP contribution in [0.25, 0.3) is 0 Å². The van der Waals surface area contributed by atoms with Crippen LogP contribution in [-0.2, 0) is 14.3 Å². The maximum atomic E-state index is 12.5. The van der Waals surface area contributed by atoms with E-state index in [1.807, 2.05) is 20.8 Å². The van der Waals surface area contributed by atoms with Gasteiger partial charge in [0.15, 0.2) is 0 Å². The third-order valence-electron chi connectivity index (χ3n) is 4.53. The number of aliphatic carboxylic acids is 1. The topological polar surface area (TPSA) is 75.6 Å². The molecule has 4 atom stereocenters. The van der Waals surface area contributed by atoms with Crippen molar-refractivity contribution in [3.05, 3.63) is 0 Å². The molecule has 2 N–H and O–H groups in total. The smallest absolute Gasteiger partial charge is 0.307 e. The van der Waals surface area contributed by atoms with Crippen molar-refractivity contribution >= 4 is 11.9 Å². The highest BCUT2D eigenvalue weighted by Gasteiger charge is 2.42. The van der Waals surface area contributed by atoms with E-state index in [1.54, 1.807) is 0 Å². The molecule has 122 valence electrons. The van der Waals surface area contributed by atoms with Gasteiger partial charge in [-0.3, -0.25) is 9.59 Å². The maximum Gasteiger partial charge on any atom is 0.307 e. The number of carboxylic acid groups (broad SMARTS) is 1. The number of hydrogen-bond acceptors (Lipinski definition) is 3. The lowest BCUT2D eigenvalue weighted by Gasteiger charge is -2.25. The zero-order chi connectivity index (χ0) is 16.0. The van der Waals surface area contributed by atoms with Crippen molar-refractivity contribution < 1.29 is 19.4 Å². The van der Waals surface area contributed by atoms with Crippen LogP contribution in [0.2, 0.25) is 0 Å². The zero-order valence-corrected chi connectivity index (χ0v) is 13.6. The van der Waals surface area contributed by atoms with Crippen LogP contribution in [-0.4, -0.2) is 36.2 Å². The Balaban J connectivity index is 2.68. The van der Waals surface area contributed by atoms with Crippen LogP contribution in [0.15, 0.2) is 0 Å². The molecule has 0 aromatic heterocycles. The van der Waals surface area contributed by atoms with Crippen LogP contribution >= 0.6 is 0 Å². The summed E-state index contributed by atoms with van der Waals surface area (Å²) in [5, 5.41) is 12.3. The summed E-state index contributed by atoms with van der Waals surface area (Å²) in [4.78, 5) is 23.8. The molecular formula is C16H29NO4. The molecule has 1 fully saturated rings. The van der Waals surface area contributed by atoms with Gasteiger partial charge in [0.1, 0.15) is 0 Å². The van der Waals surface area contributed by atoms with E-state index in [-0.39, 0.29) is 17.9 Å². The van der Waals surface area contributed by atoms with Crippen LogP contribution in [0.1, 0.15) is 47.0 Å². The Morgan fingerprint density at radius 1 is 1.24 bits per heavy atom. The van der Waals surface area contributed by atoms with Crippen LogP contribution in [0.3, 0.4) is 0 Å². The van der Waals surface area contributed by atoms with Crippen molar-refractivity contribution in [2.24, 2.45) is 23.7 Å². The number of carbonyl (C=O) groups excluding carboxylic acids is 1. The summed E-state index contributed by atoms with van der Waals surface area (Å²) in [5.41, 5.74) is 0. The molecule has 21 heavy (non-hydrogen) atoms. The maximum absolute atomic E-state index is 12.5. The van der Waals surface area contributed by atoms with Gasteiger partial charge in [-0.05, 0) is 31.6 Å². The molecule has 0 radical (unpaired) electrons. The molecule has 5 nitrogen and oxygen atoms in total. The summed E-state index contributed by atoms with van der Waals surface area (Å²) < 4.78 is 5.41. The first kappa shape index (κ1) is 18.0. The summed E-state index contributed by atoms with van der Waals surface area (Å²) in [6, 6.07) is -0.0624. The van der Waals surface area contributed by atoms with E-state index in [0.29, 0.717) is 32.0 Å². The molecule has 0 aromatic carbocycles. The molecule has 0 aromatic rings. The van der Waals surface area contributed by atoms with Gasteiger partial charge < -0.3 is 15.2 Å². The standard InChI is InChI=1S/C16H29NO4/c1-5-11-7-12(13(8-11)16(19)20)15(18)17-14(10(3)4)9-21-6-2/h10-14H,5-9H2,1-4H3,(H,17,18)(H,19,20). The van der Waals surface area contributed by atoms with E-state index in [1.165, 1.54) is 0 Å². The van der Waals surface area contributed by atoms with Crippen LogP contribution in [0, 0.1) is 23.7 Å². The first-order chi connectivity index (χ1) is 9.90. The van der Waals surface area contributed by atoms with Gasteiger partial charge in [0.05, 0.1) is 24.5 Å². The molecule has 5 heteroatoms. The summed E-state index contributed by atoms with van der Waals surface area (Å²) in [5.74, 6) is -1.34. The largest absolute Gasteiger partial charge is 0.481 e. The fourth-order valence-corrected chi connectivity index (χ4v) is 2.97. The van der Waals surface area contributed by atoms with Gasteiger partial charge in [-0.1, -0.05) is 27.2 Å². The molecule has 0 saturated heterocycles. The third-order valence-corrected chi connectivity index (χ3v) is 4.53. The van der Waals surface area contributed by atoms with Crippen LogP contribution in [0.5, 0.6) is 0 Å². The Hall–Kier alpha value is -1.10. The fourth-order valence-electron chi connectivity index (χ4n) is 2.97. The third kappa shape index (κ3) is 4.99. The summed E-state index contributed by atoms with van der Waals surface area (Å²) in [7, 11) is 0. The minimum absolute atomic E-state index is 0.0624. The number of ether oxygens (including phenoxy) is 1. The van der Waals surface area contributed by atoms with Gasteiger partial charge in [0.25, 0.3) is 0 Å². The second-order valence-corrected chi connectivity index (χ2v) is 6.32.